The summed E-state index contributed by atoms with van der Waals surface area (Å²) in [7, 11) is 0. The van der Waals surface area contributed by atoms with E-state index in [0.717, 1.165) is 36.4 Å². The average molecular weight is 295 g/mol. The van der Waals surface area contributed by atoms with E-state index in [0.29, 0.717) is 5.92 Å². The molecule has 3 atom stereocenters. The molecule has 0 aliphatic carbocycles. The summed E-state index contributed by atoms with van der Waals surface area (Å²) in [6, 6.07) is 7.85. The predicted molar refractivity (Wildman–Crippen MR) is 82.9 cm³/mol. The number of carbonyl (C=O) groups excluding carboxylic acids is 1. The number of halogens is 1. The Morgan fingerprint density at radius 3 is 3.05 bits per heavy atom. The number of nitrogens with one attached hydrogen (secondary N) is 2. The number of carbonyl (C=O) groups is 1. The van der Waals surface area contributed by atoms with Crippen LogP contribution in [0.2, 0.25) is 5.02 Å². The molecule has 0 bridgehead atoms. The van der Waals surface area contributed by atoms with Crippen LogP contribution >= 0.6 is 11.6 Å². The van der Waals surface area contributed by atoms with Crippen LogP contribution in [0.3, 0.4) is 0 Å². The van der Waals surface area contributed by atoms with E-state index < -0.39 is 0 Å². The molecule has 2 rings (SSSR count). The van der Waals surface area contributed by atoms with Crippen molar-refractivity contribution < 1.29 is 4.79 Å². The van der Waals surface area contributed by atoms with Crippen LogP contribution in [0.1, 0.15) is 32.3 Å². The van der Waals surface area contributed by atoms with Gasteiger partial charge in [0.1, 0.15) is 0 Å². The van der Waals surface area contributed by atoms with Crippen molar-refractivity contribution in [1.29, 1.82) is 0 Å². The van der Waals surface area contributed by atoms with E-state index in [1.807, 2.05) is 31.2 Å². The fourth-order valence-electron chi connectivity index (χ4n) is 2.80. The number of hydrogen-bond donors (Lipinski definition) is 2. The first kappa shape index (κ1) is 15.3. The Balaban J connectivity index is 1.87. The minimum atomic E-state index is -0.0504. The van der Waals surface area contributed by atoms with Crippen molar-refractivity contribution in [2.75, 3.05) is 6.54 Å². The van der Waals surface area contributed by atoms with Crippen molar-refractivity contribution >= 4 is 17.5 Å². The molecule has 0 spiro atoms. The Bertz CT molecular complexity index is 464. The smallest absolute Gasteiger partial charge is 0.237 e. The fraction of sp³-hybridized carbons (Fsp3) is 0.562. The average Bonchev–Trinajstić information content (AvgIpc) is 2.38. The van der Waals surface area contributed by atoms with E-state index in [1.54, 1.807) is 0 Å². The van der Waals surface area contributed by atoms with Crippen molar-refractivity contribution in [3.8, 4) is 0 Å². The van der Waals surface area contributed by atoms with Crippen LogP contribution in [-0.2, 0) is 11.2 Å². The van der Waals surface area contributed by atoms with Crippen molar-refractivity contribution in [3.63, 3.8) is 0 Å². The summed E-state index contributed by atoms with van der Waals surface area (Å²) in [6.45, 7) is 5.11. The molecule has 0 aromatic heterocycles. The first-order valence-electron chi connectivity index (χ1n) is 7.34. The van der Waals surface area contributed by atoms with Crippen molar-refractivity contribution in [2.45, 2.75) is 45.2 Å². The monoisotopic (exact) mass is 294 g/mol. The number of piperidine rings is 1. The van der Waals surface area contributed by atoms with Crippen LogP contribution in [0, 0.1) is 5.92 Å². The lowest BCUT2D eigenvalue weighted by molar-refractivity contribution is -0.125. The van der Waals surface area contributed by atoms with E-state index in [2.05, 4.69) is 17.6 Å². The minimum Gasteiger partial charge on any atom is -0.352 e. The zero-order valence-corrected chi connectivity index (χ0v) is 12.9. The van der Waals surface area contributed by atoms with Crippen LogP contribution in [0.25, 0.3) is 0 Å². The Hall–Kier alpha value is -1.06. The van der Waals surface area contributed by atoms with Crippen LogP contribution < -0.4 is 10.6 Å². The summed E-state index contributed by atoms with van der Waals surface area (Å²) in [6.07, 6.45) is 3.07. The molecule has 2 N–H and O–H groups in total. The van der Waals surface area contributed by atoms with E-state index in [9.17, 15) is 4.79 Å². The number of rotatable bonds is 4. The lowest BCUT2D eigenvalue weighted by Crippen LogP contribution is -2.52. The Kier molecular flexibility index (Phi) is 5.44. The van der Waals surface area contributed by atoms with E-state index in [1.165, 1.54) is 0 Å². The molecule has 20 heavy (non-hydrogen) atoms. The zero-order chi connectivity index (χ0) is 14.5. The Morgan fingerprint density at radius 2 is 2.35 bits per heavy atom. The number of hydrogen-bond acceptors (Lipinski definition) is 2. The van der Waals surface area contributed by atoms with Gasteiger partial charge >= 0.3 is 0 Å². The summed E-state index contributed by atoms with van der Waals surface area (Å²) >= 11 is 5.98. The molecule has 1 aromatic rings. The van der Waals surface area contributed by atoms with Crippen molar-refractivity contribution in [2.24, 2.45) is 5.92 Å². The van der Waals surface area contributed by atoms with Gasteiger partial charge in [-0.05, 0) is 56.3 Å². The molecule has 1 amide bonds. The number of benzene rings is 1. The van der Waals surface area contributed by atoms with Gasteiger partial charge in [0.2, 0.25) is 5.91 Å². The van der Waals surface area contributed by atoms with E-state index in [-0.39, 0.29) is 18.0 Å². The topological polar surface area (TPSA) is 41.1 Å². The van der Waals surface area contributed by atoms with Gasteiger partial charge in [-0.25, -0.2) is 0 Å². The maximum atomic E-state index is 12.3. The standard InChI is InChI=1S/C16H23ClN2O/c1-11-5-4-8-18-15(11)16(20)19-12(2)9-13-6-3-7-14(17)10-13/h3,6-7,10-12,15,18H,4-5,8-9H2,1-2H3,(H,19,20). The van der Waals surface area contributed by atoms with Gasteiger partial charge < -0.3 is 10.6 Å². The highest BCUT2D eigenvalue weighted by molar-refractivity contribution is 6.30. The lowest BCUT2D eigenvalue weighted by Gasteiger charge is -2.30. The number of amides is 1. The predicted octanol–water partition coefficient (Wildman–Crippen LogP) is 2.78. The highest BCUT2D eigenvalue weighted by Gasteiger charge is 2.27. The second-order valence-electron chi connectivity index (χ2n) is 5.79. The minimum absolute atomic E-state index is 0.0504. The van der Waals surface area contributed by atoms with Gasteiger partial charge in [0.25, 0.3) is 0 Å². The van der Waals surface area contributed by atoms with Gasteiger partial charge in [-0.2, -0.15) is 0 Å². The molecule has 1 aliphatic rings. The van der Waals surface area contributed by atoms with Crippen LogP contribution in [0.15, 0.2) is 24.3 Å². The lowest BCUT2D eigenvalue weighted by atomic mass is 9.92. The first-order valence-corrected chi connectivity index (χ1v) is 7.72. The maximum absolute atomic E-state index is 12.3. The van der Waals surface area contributed by atoms with Crippen LogP contribution in [-0.4, -0.2) is 24.5 Å². The second-order valence-corrected chi connectivity index (χ2v) is 6.23. The summed E-state index contributed by atoms with van der Waals surface area (Å²) < 4.78 is 0. The largest absolute Gasteiger partial charge is 0.352 e. The third-order valence-corrected chi connectivity index (χ3v) is 4.11. The molecule has 1 saturated heterocycles. The summed E-state index contributed by atoms with van der Waals surface area (Å²) in [5.74, 6) is 0.522. The summed E-state index contributed by atoms with van der Waals surface area (Å²) in [4.78, 5) is 12.3. The molecule has 1 aliphatic heterocycles. The van der Waals surface area contributed by atoms with Gasteiger partial charge in [0, 0.05) is 11.1 Å². The molecular formula is C16H23ClN2O. The second kappa shape index (κ2) is 7.09. The van der Waals surface area contributed by atoms with E-state index in [4.69, 9.17) is 11.6 Å². The Labute approximate surface area is 126 Å². The molecule has 1 heterocycles. The first-order chi connectivity index (χ1) is 9.56. The fourth-order valence-corrected chi connectivity index (χ4v) is 3.01. The SMILES string of the molecule is CC(Cc1cccc(Cl)c1)NC(=O)C1NCCCC1C. The maximum Gasteiger partial charge on any atom is 0.237 e. The van der Waals surface area contributed by atoms with Crippen LogP contribution in [0.5, 0.6) is 0 Å². The van der Waals surface area contributed by atoms with Gasteiger partial charge in [0.15, 0.2) is 0 Å². The van der Waals surface area contributed by atoms with Crippen molar-refractivity contribution in [1.82, 2.24) is 10.6 Å². The normalized spacial score (nSPS) is 24.1. The molecule has 4 heteroatoms. The van der Waals surface area contributed by atoms with E-state index >= 15 is 0 Å². The van der Waals surface area contributed by atoms with Gasteiger partial charge in [-0.3, -0.25) is 4.79 Å². The summed E-state index contributed by atoms with van der Waals surface area (Å²) in [5.41, 5.74) is 1.15. The zero-order valence-electron chi connectivity index (χ0n) is 12.2. The van der Waals surface area contributed by atoms with Crippen molar-refractivity contribution in [3.05, 3.63) is 34.9 Å². The van der Waals surface area contributed by atoms with Gasteiger partial charge in [-0.15, -0.1) is 0 Å². The third-order valence-electron chi connectivity index (χ3n) is 3.87. The quantitative estimate of drug-likeness (QED) is 0.896. The molecule has 3 nitrogen and oxygen atoms in total. The van der Waals surface area contributed by atoms with Gasteiger partial charge in [-0.1, -0.05) is 30.7 Å². The highest BCUT2D eigenvalue weighted by atomic mass is 35.5. The summed E-state index contributed by atoms with van der Waals surface area (Å²) in [5, 5.41) is 7.16. The third kappa shape index (κ3) is 4.22. The molecular weight excluding hydrogens is 272 g/mol. The molecule has 110 valence electrons. The molecule has 3 unspecified atom stereocenters. The van der Waals surface area contributed by atoms with Gasteiger partial charge in [0.05, 0.1) is 6.04 Å². The van der Waals surface area contributed by atoms with Crippen LogP contribution in [0.4, 0.5) is 0 Å². The Morgan fingerprint density at radius 1 is 1.55 bits per heavy atom. The highest BCUT2D eigenvalue weighted by Crippen LogP contribution is 2.16. The molecule has 1 aromatic carbocycles. The molecule has 1 fully saturated rings. The molecule has 0 radical (unpaired) electrons. The molecule has 0 saturated carbocycles.